The van der Waals surface area contributed by atoms with Crippen molar-refractivity contribution in [3.05, 3.63) is 53.1 Å². The first kappa shape index (κ1) is 23.6. The zero-order valence-electron chi connectivity index (χ0n) is 19.5. The molecule has 2 heterocycles. The molecule has 1 atom stereocenters. The molecule has 0 spiro atoms. The summed E-state index contributed by atoms with van der Waals surface area (Å²) in [4.78, 5) is 15.6. The van der Waals surface area contributed by atoms with Crippen molar-refractivity contribution in [3.63, 3.8) is 0 Å². The highest BCUT2D eigenvalue weighted by atomic mass is 32.2. The first-order chi connectivity index (χ1) is 15.9. The van der Waals surface area contributed by atoms with E-state index in [0.717, 1.165) is 30.6 Å². The van der Waals surface area contributed by atoms with Gasteiger partial charge < -0.3 is 14.4 Å². The summed E-state index contributed by atoms with van der Waals surface area (Å²) in [7, 11) is -3.66. The van der Waals surface area contributed by atoms with Crippen LogP contribution in [0.1, 0.15) is 60.6 Å². The summed E-state index contributed by atoms with van der Waals surface area (Å²) in [6, 6.07) is 10.8. The second-order valence-corrected chi connectivity index (χ2v) is 10.4. The third-order valence-electron chi connectivity index (χ3n) is 6.43. The van der Waals surface area contributed by atoms with Crippen molar-refractivity contribution in [3.8, 4) is 11.5 Å². The molecule has 2 aromatic rings. The Bertz CT molecular complexity index is 1130. The lowest BCUT2D eigenvalue weighted by atomic mass is 10.0. The average Bonchev–Trinajstić information content (AvgIpc) is 3.18. The number of fused-ring (bicyclic) bond motifs is 1. The summed E-state index contributed by atoms with van der Waals surface area (Å²) < 4.78 is 39.3. The summed E-state index contributed by atoms with van der Waals surface area (Å²) in [6.07, 6.45) is 2.58. The SMILES string of the molecule is CCN(CC)S(=O)(=O)c1cc(C(=O)N2CCC[C@H]2c2ccc3c(c2)OCCCO3)ccc1C. The molecule has 8 heteroatoms. The van der Waals surface area contributed by atoms with Gasteiger partial charge in [-0.3, -0.25) is 4.79 Å². The van der Waals surface area contributed by atoms with Gasteiger partial charge in [0.05, 0.1) is 24.2 Å². The molecule has 0 bridgehead atoms. The number of carbonyl (C=O) groups is 1. The molecule has 2 aliphatic heterocycles. The second-order valence-electron chi connectivity index (χ2n) is 8.48. The fraction of sp³-hybridized carbons (Fsp3) is 0.480. The maximum absolute atomic E-state index is 13.5. The lowest BCUT2D eigenvalue weighted by Crippen LogP contribution is -2.32. The van der Waals surface area contributed by atoms with E-state index < -0.39 is 10.0 Å². The predicted molar refractivity (Wildman–Crippen MR) is 126 cm³/mol. The molecule has 2 aromatic carbocycles. The van der Waals surface area contributed by atoms with E-state index in [9.17, 15) is 13.2 Å². The molecule has 0 radical (unpaired) electrons. The monoisotopic (exact) mass is 472 g/mol. The summed E-state index contributed by atoms with van der Waals surface area (Å²) >= 11 is 0. The number of likely N-dealkylation sites (tertiary alicyclic amines) is 1. The van der Waals surface area contributed by atoms with Crippen LogP contribution in [-0.4, -0.2) is 56.4 Å². The number of ether oxygens (including phenoxy) is 2. The maximum Gasteiger partial charge on any atom is 0.254 e. The molecule has 4 rings (SSSR count). The molecule has 178 valence electrons. The molecule has 0 unspecified atom stereocenters. The van der Waals surface area contributed by atoms with Crippen LogP contribution in [0.3, 0.4) is 0 Å². The van der Waals surface area contributed by atoms with Crippen LogP contribution in [0.5, 0.6) is 11.5 Å². The quantitative estimate of drug-likeness (QED) is 0.631. The highest BCUT2D eigenvalue weighted by molar-refractivity contribution is 7.89. The van der Waals surface area contributed by atoms with E-state index in [1.807, 2.05) is 36.9 Å². The molecule has 7 nitrogen and oxygen atoms in total. The first-order valence-electron chi connectivity index (χ1n) is 11.7. The minimum atomic E-state index is -3.66. The number of hydrogen-bond donors (Lipinski definition) is 0. The Labute approximate surface area is 196 Å². The molecule has 0 N–H and O–H groups in total. The Morgan fingerprint density at radius 2 is 1.76 bits per heavy atom. The van der Waals surface area contributed by atoms with E-state index in [1.165, 1.54) is 10.4 Å². The number of nitrogens with zero attached hydrogens (tertiary/aromatic N) is 2. The van der Waals surface area contributed by atoms with Gasteiger partial charge >= 0.3 is 0 Å². The van der Waals surface area contributed by atoms with E-state index >= 15 is 0 Å². The lowest BCUT2D eigenvalue weighted by molar-refractivity contribution is 0.0735. The fourth-order valence-corrected chi connectivity index (χ4v) is 6.33. The van der Waals surface area contributed by atoms with Crippen molar-refractivity contribution >= 4 is 15.9 Å². The first-order valence-corrected chi connectivity index (χ1v) is 13.1. The van der Waals surface area contributed by atoms with Crippen LogP contribution in [0.2, 0.25) is 0 Å². The van der Waals surface area contributed by atoms with Gasteiger partial charge in [0.2, 0.25) is 10.0 Å². The molecular formula is C25H32N2O5S. The second kappa shape index (κ2) is 9.73. The van der Waals surface area contributed by atoms with Gasteiger partial charge in [-0.2, -0.15) is 4.31 Å². The number of carbonyl (C=O) groups excluding carboxylic acids is 1. The van der Waals surface area contributed by atoms with Crippen LogP contribution < -0.4 is 9.47 Å². The van der Waals surface area contributed by atoms with Crippen LogP contribution in [0.4, 0.5) is 0 Å². The highest BCUT2D eigenvalue weighted by Gasteiger charge is 2.32. The van der Waals surface area contributed by atoms with Gasteiger partial charge in [-0.15, -0.1) is 0 Å². The van der Waals surface area contributed by atoms with Crippen LogP contribution in [0, 0.1) is 6.92 Å². The Balaban J connectivity index is 1.64. The molecule has 0 aromatic heterocycles. The molecule has 33 heavy (non-hydrogen) atoms. The molecule has 0 saturated carbocycles. The van der Waals surface area contributed by atoms with Crippen LogP contribution in [-0.2, 0) is 10.0 Å². The van der Waals surface area contributed by atoms with E-state index in [4.69, 9.17) is 9.47 Å². The highest BCUT2D eigenvalue weighted by Crippen LogP contribution is 2.38. The number of hydrogen-bond acceptors (Lipinski definition) is 5. The third-order valence-corrected chi connectivity index (χ3v) is 8.62. The van der Waals surface area contributed by atoms with Crippen LogP contribution in [0.25, 0.3) is 0 Å². The van der Waals surface area contributed by atoms with Crippen molar-refractivity contribution in [2.75, 3.05) is 32.8 Å². The summed E-state index contributed by atoms with van der Waals surface area (Å²) in [5.41, 5.74) is 2.04. The number of sulfonamides is 1. The van der Waals surface area contributed by atoms with Gasteiger partial charge in [-0.1, -0.05) is 26.0 Å². The average molecular weight is 473 g/mol. The topological polar surface area (TPSA) is 76.2 Å². The van der Waals surface area contributed by atoms with E-state index in [1.54, 1.807) is 19.1 Å². The van der Waals surface area contributed by atoms with Crippen molar-refractivity contribution in [2.45, 2.75) is 51.0 Å². The summed E-state index contributed by atoms with van der Waals surface area (Å²) in [5.74, 6) is 1.30. The zero-order valence-corrected chi connectivity index (χ0v) is 20.4. The van der Waals surface area contributed by atoms with Gasteiger partial charge in [0.1, 0.15) is 0 Å². The van der Waals surface area contributed by atoms with E-state index in [0.29, 0.717) is 49.7 Å². The van der Waals surface area contributed by atoms with Gasteiger partial charge in [-0.25, -0.2) is 8.42 Å². The van der Waals surface area contributed by atoms with Crippen LogP contribution >= 0.6 is 0 Å². The smallest absolute Gasteiger partial charge is 0.254 e. The van der Waals surface area contributed by atoms with Crippen molar-refractivity contribution in [2.24, 2.45) is 0 Å². The zero-order chi connectivity index (χ0) is 23.6. The van der Waals surface area contributed by atoms with Gasteiger partial charge in [0.25, 0.3) is 5.91 Å². The van der Waals surface area contributed by atoms with Crippen molar-refractivity contribution in [1.82, 2.24) is 9.21 Å². The minimum Gasteiger partial charge on any atom is -0.490 e. The van der Waals surface area contributed by atoms with E-state index in [2.05, 4.69) is 0 Å². The number of rotatable bonds is 6. The van der Waals surface area contributed by atoms with Gasteiger partial charge in [-0.05, 0) is 55.2 Å². The Morgan fingerprint density at radius 1 is 1.03 bits per heavy atom. The van der Waals surface area contributed by atoms with Crippen molar-refractivity contribution in [1.29, 1.82) is 0 Å². The predicted octanol–water partition coefficient (Wildman–Crippen LogP) is 4.16. The maximum atomic E-state index is 13.5. The van der Waals surface area contributed by atoms with E-state index in [-0.39, 0.29) is 16.8 Å². The van der Waals surface area contributed by atoms with Crippen molar-refractivity contribution < 1.29 is 22.7 Å². The summed E-state index contributed by atoms with van der Waals surface area (Å²) in [5, 5.41) is 0. The Morgan fingerprint density at radius 3 is 2.48 bits per heavy atom. The number of benzene rings is 2. The lowest BCUT2D eigenvalue weighted by Gasteiger charge is -2.26. The third kappa shape index (κ3) is 4.59. The number of amides is 1. The molecular weight excluding hydrogens is 440 g/mol. The molecule has 1 amide bonds. The molecule has 0 aliphatic carbocycles. The minimum absolute atomic E-state index is 0.0844. The normalized spacial score (nSPS) is 18.4. The molecule has 1 saturated heterocycles. The van der Waals surface area contributed by atoms with Crippen LogP contribution in [0.15, 0.2) is 41.3 Å². The Hall–Kier alpha value is -2.58. The standard InChI is InChI=1S/C25H32N2O5S/c1-4-26(5-2)33(29,30)24-17-20(10-9-18(24)3)25(28)27-13-6-8-21(27)19-11-12-22-23(16-19)32-15-7-14-31-22/h9-12,16-17,21H,4-8,13-15H2,1-3H3/t21-/m0/s1. The molecule has 2 aliphatic rings. The Kier molecular flexibility index (Phi) is 6.95. The number of aryl methyl sites for hydroxylation is 1. The molecule has 1 fully saturated rings. The van der Waals surface area contributed by atoms with Gasteiger partial charge in [0, 0.05) is 31.6 Å². The fourth-order valence-electron chi connectivity index (χ4n) is 4.62. The van der Waals surface area contributed by atoms with Gasteiger partial charge in [0.15, 0.2) is 11.5 Å². The largest absolute Gasteiger partial charge is 0.490 e. The summed E-state index contributed by atoms with van der Waals surface area (Å²) in [6.45, 7) is 8.03.